The maximum atomic E-state index is 13.4. The summed E-state index contributed by atoms with van der Waals surface area (Å²) in [5.41, 5.74) is 2.65. The smallest absolute Gasteiger partial charge is 0.287 e. The van der Waals surface area contributed by atoms with E-state index in [4.69, 9.17) is 4.42 Å². The maximum absolute atomic E-state index is 13.4. The number of fused-ring (bicyclic) bond motifs is 2. The van der Waals surface area contributed by atoms with Crippen molar-refractivity contribution in [3.05, 3.63) is 93.9 Å². The summed E-state index contributed by atoms with van der Waals surface area (Å²) in [5, 5.41) is 7.98. The van der Waals surface area contributed by atoms with Gasteiger partial charge in [-0.3, -0.25) is 9.59 Å². The fraction of sp³-hybridized carbons (Fsp3) is 0.240. The second-order valence-electron chi connectivity index (χ2n) is 8.98. The Bertz CT molecular complexity index is 1390. The first-order chi connectivity index (χ1) is 15.3. The first kappa shape index (κ1) is 20.2. The van der Waals surface area contributed by atoms with Gasteiger partial charge in [-0.15, -0.1) is 0 Å². The molecule has 4 aromatic rings. The van der Waals surface area contributed by atoms with Gasteiger partial charge in [-0.1, -0.05) is 26.0 Å². The molecular formula is C25H22FN3O3. The summed E-state index contributed by atoms with van der Waals surface area (Å²) in [6.45, 7) is 4.26. The first-order valence-corrected chi connectivity index (χ1v) is 10.5. The van der Waals surface area contributed by atoms with Gasteiger partial charge in [0, 0.05) is 11.6 Å². The van der Waals surface area contributed by atoms with Gasteiger partial charge in [0.25, 0.3) is 5.91 Å². The van der Waals surface area contributed by atoms with Gasteiger partial charge >= 0.3 is 0 Å². The Hall–Kier alpha value is -3.74. The Balaban J connectivity index is 1.49. The molecule has 2 aromatic heterocycles. The quantitative estimate of drug-likeness (QED) is 0.516. The SMILES string of the molecule is CC1(C)Cc2c(cnn2-c2ccc(F)cc2)C(NC(=O)c2cc(=O)c3ccccc3o2)C1. The number of halogens is 1. The topological polar surface area (TPSA) is 77.1 Å². The van der Waals surface area contributed by atoms with Gasteiger partial charge in [0.15, 0.2) is 11.2 Å². The summed E-state index contributed by atoms with van der Waals surface area (Å²) in [6, 6.07) is 13.9. The minimum atomic E-state index is -0.448. The third kappa shape index (κ3) is 3.60. The van der Waals surface area contributed by atoms with Crippen molar-refractivity contribution >= 4 is 16.9 Å². The molecule has 0 fully saturated rings. The number of nitrogens with zero attached hydrogens (tertiary/aromatic N) is 2. The number of amides is 1. The van der Waals surface area contributed by atoms with Crippen molar-refractivity contribution in [2.75, 3.05) is 0 Å². The number of nitrogens with one attached hydrogen (secondary N) is 1. The fourth-order valence-corrected chi connectivity index (χ4v) is 4.42. The van der Waals surface area contributed by atoms with Crippen molar-refractivity contribution in [1.29, 1.82) is 0 Å². The monoisotopic (exact) mass is 431 g/mol. The molecule has 1 atom stereocenters. The van der Waals surface area contributed by atoms with Crippen molar-refractivity contribution in [1.82, 2.24) is 15.1 Å². The molecule has 6 nitrogen and oxygen atoms in total. The molecule has 0 bridgehead atoms. The third-order valence-electron chi connectivity index (χ3n) is 5.91. The number of carbonyl (C=O) groups excluding carboxylic acids is 1. The number of benzene rings is 2. The fourth-order valence-electron chi connectivity index (χ4n) is 4.42. The summed E-state index contributed by atoms with van der Waals surface area (Å²) >= 11 is 0. The summed E-state index contributed by atoms with van der Waals surface area (Å²) in [6.07, 6.45) is 3.21. The van der Waals surface area contributed by atoms with Crippen molar-refractivity contribution in [3.63, 3.8) is 0 Å². The Kier molecular flexibility index (Phi) is 4.69. The van der Waals surface area contributed by atoms with Crippen LogP contribution >= 0.6 is 0 Å². The summed E-state index contributed by atoms with van der Waals surface area (Å²) < 4.78 is 20.9. The Labute approximate surface area is 183 Å². The minimum Gasteiger partial charge on any atom is -0.451 e. The zero-order valence-electron chi connectivity index (χ0n) is 17.8. The highest BCUT2D eigenvalue weighted by Gasteiger charge is 2.36. The molecule has 1 N–H and O–H groups in total. The average Bonchev–Trinajstić information content (AvgIpc) is 3.17. The summed E-state index contributed by atoms with van der Waals surface area (Å²) in [5.74, 6) is -0.780. The number of carbonyl (C=O) groups is 1. The van der Waals surface area contributed by atoms with Gasteiger partial charge in [0.05, 0.1) is 29.0 Å². The highest BCUT2D eigenvalue weighted by Crippen LogP contribution is 2.41. The van der Waals surface area contributed by atoms with Crippen LogP contribution in [0.3, 0.4) is 0 Å². The van der Waals surface area contributed by atoms with E-state index in [1.54, 1.807) is 47.3 Å². The van der Waals surface area contributed by atoms with Crippen LogP contribution in [-0.4, -0.2) is 15.7 Å². The van der Waals surface area contributed by atoms with Gasteiger partial charge < -0.3 is 9.73 Å². The second kappa shape index (κ2) is 7.44. The van der Waals surface area contributed by atoms with Gasteiger partial charge in [0.1, 0.15) is 11.4 Å². The lowest BCUT2D eigenvalue weighted by molar-refractivity contribution is 0.0891. The molecule has 0 spiro atoms. The van der Waals surface area contributed by atoms with E-state index in [9.17, 15) is 14.0 Å². The Morgan fingerprint density at radius 1 is 1.19 bits per heavy atom. The predicted molar refractivity (Wildman–Crippen MR) is 118 cm³/mol. The molecular weight excluding hydrogens is 409 g/mol. The van der Waals surface area contributed by atoms with Crippen LogP contribution in [-0.2, 0) is 6.42 Å². The molecule has 2 aromatic carbocycles. The van der Waals surface area contributed by atoms with E-state index in [2.05, 4.69) is 24.3 Å². The van der Waals surface area contributed by atoms with Crippen molar-refractivity contribution in [3.8, 4) is 5.69 Å². The minimum absolute atomic E-state index is 0.0236. The van der Waals surface area contributed by atoms with Crippen molar-refractivity contribution in [2.24, 2.45) is 5.41 Å². The second-order valence-corrected chi connectivity index (χ2v) is 8.98. The van der Waals surface area contributed by atoms with E-state index in [1.807, 2.05) is 0 Å². The molecule has 7 heteroatoms. The van der Waals surface area contributed by atoms with Crippen molar-refractivity contribution in [2.45, 2.75) is 32.7 Å². The van der Waals surface area contributed by atoms with E-state index in [0.29, 0.717) is 17.4 Å². The normalized spacial score (nSPS) is 17.2. The largest absolute Gasteiger partial charge is 0.451 e. The van der Waals surface area contributed by atoms with Crippen LogP contribution in [0, 0.1) is 11.2 Å². The van der Waals surface area contributed by atoms with Crippen LogP contribution in [0.25, 0.3) is 16.7 Å². The zero-order valence-corrected chi connectivity index (χ0v) is 17.8. The molecule has 2 heterocycles. The van der Waals surface area contributed by atoms with Gasteiger partial charge in [-0.2, -0.15) is 5.10 Å². The summed E-state index contributed by atoms with van der Waals surface area (Å²) in [7, 11) is 0. The molecule has 0 aliphatic heterocycles. The van der Waals surface area contributed by atoms with Crippen LogP contribution in [0.2, 0.25) is 0 Å². The number of hydrogen-bond acceptors (Lipinski definition) is 4. The molecule has 0 saturated carbocycles. The molecule has 32 heavy (non-hydrogen) atoms. The van der Waals surface area contributed by atoms with Crippen LogP contribution in [0.1, 0.15) is 48.1 Å². The van der Waals surface area contributed by atoms with E-state index < -0.39 is 5.91 Å². The molecule has 1 aliphatic carbocycles. The molecule has 0 saturated heterocycles. The van der Waals surface area contributed by atoms with Crippen LogP contribution in [0.4, 0.5) is 4.39 Å². The Morgan fingerprint density at radius 3 is 2.72 bits per heavy atom. The number of para-hydroxylation sites is 1. The lowest BCUT2D eigenvalue weighted by atomic mass is 9.74. The van der Waals surface area contributed by atoms with Gasteiger partial charge in [-0.25, -0.2) is 9.07 Å². The molecule has 0 radical (unpaired) electrons. The summed E-state index contributed by atoms with van der Waals surface area (Å²) in [4.78, 5) is 25.4. The zero-order chi connectivity index (χ0) is 22.5. The highest BCUT2D eigenvalue weighted by molar-refractivity contribution is 5.93. The molecule has 1 unspecified atom stereocenters. The van der Waals surface area contributed by atoms with Gasteiger partial charge in [-0.05, 0) is 54.7 Å². The lowest BCUT2D eigenvalue weighted by Gasteiger charge is -2.35. The molecule has 1 amide bonds. The van der Waals surface area contributed by atoms with Crippen molar-refractivity contribution < 1.29 is 13.6 Å². The van der Waals surface area contributed by atoms with Gasteiger partial charge in [0.2, 0.25) is 0 Å². The predicted octanol–water partition coefficient (Wildman–Crippen LogP) is 4.56. The van der Waals surface area contributed by atoms with Crippen LogP contribution < -0.4 is 10.7 Å². The Morgan fingerprint density at radius 2 is 1.94 bits per heavy atom. The van der Waals surface area contributed by atoms with E-state index in [1.165, 1.54) is 18.2 Å². The van der Waals surface area contributed by atoms with E-state index in [-0.39, 0.29) is 28.5 Å². The standard InChI is InChI=1S/C25H22FN3O3/c1-25(2)12-19(18-14-27-29(20(18)13-25)16-9-7-15(26)8-10-16)28-24(31)23-11-21(30)17-5-3-4-6-22(17)32-23/h3-11,14,19H,12-13H2,1-2H3,(H,28,31). The third-order valence-corrected chi connectivity index (χ3v) is 5.91. The molecule has 5 rings (SSSR count). The molecule has 162 valence electrons. The highest BCUT2D eigenvalue weighted by atomic mass is 19.1. The number of aromatic nitrogens is 2. The van der Waals surface area contributed by atoms with Crippen LogP contribution in [0.5, 0.6) is 0 Å². The molecule has 1 aliphatic rings. The number of hydrogen-bond donors (Lipinski definition) is 1. The number of rotatable bonds is 3. The van der Waals surface area contributed by atoms with E-state index >= 15 is 0 Å². The first-order valence-electron chi connectivity index (χ1n) is 10.5. The lowest BCUT2D eigenvalue weighted by Crippen LogP contribution is -2.37. The maximum Gasteiger partial charge on any atom is 0.287 e. The van der Waals surface area contributed by atoms with Crippen LogP contribution in [0.15, 0.2) is 70.0 Å². The van der Waals surface area contributed by atoms with E-state index in [0.717, 1.165) is 23.4 Å². The average molecular weight is 431 g/mol.